The molecule has 0 saturated heterocycles. The van der Waals surface area contributed by atoms with Crippen LogP contribution in [0.15, 0.2) is 66.9 Å². The first-order chi connectivity index (χ1) is 12.4. The average Bonchev–Trinajstić information content (AvgIpc) is 2.60. The molecule has 1 N–H and O–H groups in total. The molecule has 0 saturated carbocycles. The fourth-order valence-corrected chi connectivity index (χ4v) is 3.81. The maximum absolute atomic E-state index is 13.2. The highest BCUT2D eigenvalue weighted by Crippen LogP contribution is 2.22. The Hall–Kier alpha value is -2.57. The number of sulfonamides is 1. The van der Waals surface area contributed by atoms with Gasteiger partial charge in [-0.3, -0.25) is 4.98 Å². The van der Waals surface area contributed by atoms with Crippen LogP contribution < -0.4 is 4.72 Å². The summed E-state index contributed by atoms with van der Waals surface area (Å²) in [5, 5.41) is 0. The van der Waals surface area contributed by atoms with E-state index in [0.717, 1.165) is 22.4 Å². The zero-order valence-electron chi connectivity index (χ0n) is 14.3. The molecule has 0 aliphatic rings. The summed E-state index contributed by atoms with van der Waals surface area (Å²) in [6.07, 6.45) is 1.68. The minimum absolute atomic E-state index is 0.120. The second-order valence-electron chi connectivity index (χ2n) is 6.09. The number of pyridine rings is 1. The summed E-state index contributed by atoms with van der Waals surface area (Å²) < 4.78 is 40.5. The lowest BCUT2D eigenvalue weighted by Crippen LogP contribution is -2.25. The van der Waals surface area contributed by atoms with E-state index < -0.39 is 15.8 Å². The molecule has 3 rings (SSSR count). The van der Waals surface area contributed by atoms with Gasteiger partial charge in [0.25, 0.3) is 0 Å². The van der Waals surface area contributed by atoms with Gasteiger partial charge in [-0.25, -0.2) is 17.5 Å². The summed E-state index contributed by atoms with van der Waals surface area (Å²) in [5.41, 5.74) is 3.96. The maximum Gasteiger partial charge on any atom is 0.216 e. The normalized spacial score (nSPS) is 11.5. The Bertz CT molecular complexity index is 1020. The topological polar surface area (TPSA) is 59.1 Å². The van der Waals surface area contributed by atoms with Gasteiger partial charge in [0.15, 0.2) is 0 Å². The summed E-state index contributed by atoms with van der Waals surface area (Å²) in [5.74, 6) is -0.725. The molecule has 0 bridgehead atoms. The van der Waals surface area contributed by atoms with E-state index >= 15 is 0 Å². The molecule has 0 atom stereocenters. The van der Waals surface area contributed by atoms with Crippen LogP contribution in [0.5, 0.6) is 0 Å². The van der Waals surface area contributed by atoms with Gasteiger partial charge in [-0.05, 0) is 42.3 Å². The third kappa shape index (κ3) is 4.74. The lowest BCUT2D eigenvalue weighted by molar-refractivity contribution is 0.580. The molecule has 0 aliphatic heterocycles. The van der Waals surface area contributed by atoms with E-state index in [-0.39, 0.29) is 12.3 Å². The Kier molecular flexibility index (Phi) is 5.44. The minimum atomic E-state index is -3.60. The zero-order chi connectivity index (χ0) is 18.6. The molecule has 0 amide bonds. The Balaban J connectivity index is 1.77. The number of nitrogens with zero attached hydrogens (tertiary/aromatic N) is 1. The molecule has 0 radical (unpaired) electrons. The van der Waals surface area contributed by atoms with Crippen LogP contribution in [-0.2, 0) is 22.3 Å². The number of aromatic nitrogens is 1. The van der Waals surface area contributed by atoms with Crippen molar-refractivity contribution in [2.45, 2.75) is 19.2 Å². The molecule has 134 valence electrons. The van der Waals surface area contributed by atoms with Crippen molar-refractivity contribution in [3.8, 4) is 11.3 Å². The van der Waals surface area contributed by atoms with Crippen molar-refractivity contribution >= 4 is 10.0 Å². The largest absolute Gasteiger partial charge is 0.256 e. The van der Waals surface area contributed by atoms with Crippen LogP contribution in [-0.4, -0.2) is 13.4 Å². The smallest absolute Gasteiger partial charge is 0.216 e. The Morgan fingerprint density at radius 2 is 1.85 bits per heavy atom. The van der Waals surface area contributed by atoms with E-state index in [2.05, 4.69) is 9.71 Å². The monoisotopic (exact) mass is 370 g/mol. The van der Waals surface area contributed by atoms with Gasteiger partial charge in [0.2, 0.25) is 10.0 Å². The highest BCUT2D eigenvalue weighted by Gasteiger charge is 2.14. The number of aryl methyl sites for hydroxylation is 1. The number of hydrogen-bond donors (Lipinski definition) is 1. The van der Waals surface area contributed by atoms with Crippen LogP contribution in [0.25, 0.3) is 11.3 Å². The summed E-state index contributed by atoms with van der Waals surface area (Å²) in [4.78, 5) is 4.40. The van der Waals surface area contributed by atoms with Gasteiger partial charge in [-0.2, -0.15) is 0 Å². The quantitative estimate of drug-likeness (QED) is 0.718. The second kappa shape index (κ2) is 7.76. The van der Waals surface area contributed by atoms with Gasteiger partial charge in [0, 0.05) is 18.3 Å². The molecule has 0 aliphatic carbocycles. The van der Waals surface area contributed by atoms with Crippen molar-refractivity contribution < 1.29 is 12.8 Å². The van der Waals surface area contributed by atoms with Gasteiger partial charge < -0.3 is 0 Å². The standard InChI is InChI=1S/C20H19FN2O2S/c1-15-5-2-7-17(11-15)20-18(8-4-10-22-20)13-23-26(24,25)14-16-6-3-9-19(21)12-16/h2-12,23H,13-14H2,1H3. The molecule has 2 aromatic carbocycles. The molecule has 1 heterocycles. The van der Waals surface area contributed by atoms with E-state index in [9.17, 15) is 12.8 Å². The number of halogens is 1. The van der Waals surface area contributed by atoms with Crippen molar-refractivity contribution in [3.63, 3.8) is 0 Å². The van der Waals surface area contributed by atoms with E-state index in [4.69, 9.17) is 0 Å². The zero-order valence-corrected chi connectivity index (χ0v) is 15.1. The summed E-state index contributed by atoms with van der Waals surface area (Å²) in [6, 6.07) is 17.1. The van der Waals surface area contributed by atoms with Crippen LogP contribution in [0.3, 0.4) is 0 Å². The van der Waals surface area contributed by atoms with Crippen molar-refractivity contribution in [2.24, 2.45) is 0 Å². The highest BCUT2D eigenvalue weighted by molar-refractivity contribution is 7.88. The molecule has 0 unspecified atom stereocenters. The first kappa shape index (κ1) is 18.2. The predicted molar refractivity (Wildman–Crippen MR) is 100 cm³/mol. The molecular formula is C20H19FN2O2S. The fourth-order valence-electron chi connectivity index (χ4n) is 2.72. The molecule has 3 aromatic rings. The van der Waals surface area contributed by atoms with Crippen molar-refractivity contribution in [3.05, 3.63) is 89.4 Å². The SMILES string of the molecule is Cc1cccc(-c2ncccc2CNS(=O)(=O)Cc2cccc(F)c2)c1. The lowest BCUT2D eigenvalue weighted by Gasteiger charge is -2.11. The van der Waals surface area contributed by atoms with Gasteiger partial charge in [0.05, 0.1) is 11.4 Å². The van der Waals surface area contributed by atoms with Crippen LogP contribution >= 0.6 is 0 Å². The summed E-state index contributed by atoms with van der Waals surface area (Å²) in [7, 11) is -3.60. The van der Waals surface area contributed by atoms with Crippen molar-refractivity contribution in [1.82, 2.24) is 9.71 Å². The third-order valence-corrected chi connectivity index (χ3v) is 5.21. The molecule has 6 heteroatoms. The maximum atomic E-state index is 13.2. The average molecular weight is 370 g/mol. The number of nitrogens with one attached hydrogen (secondary N) is 1. The van der Waals surface area contributed by atoms with Gasteiger partial charge >= 0.3 is 0 Å². The minimum Gasteiger partial charge on any atom is -0.256 e. The molecule has 26 heavy (non-hydrogen) atoms. The number of hydrogen-bond acceptors (Lipinski definition) is 3. The van der Waals surface area contributed by atoms with Crippen LogP contribution in [0.4, 0.5) is 4.39 Å². The molecule has 0 spiro atoms. The van der Waals surface area contributed by atoms with Crippen LogP contribution in [0.2, 0.25) is 0 Å². The molecule has 0 fully saturated rings. The predicted octanol–water partition coefficient (Wildman–Crippen LogP) is 3.82. The number of rotatable bonds is 6. The Morgan fingerprint density at radius 3 is 2.62 bits per heavy atom. The van der Waals surface area contributed by atoms with Gasteiger partial charge in [-0.1, -0.05) is 42.0 Å². The first-order valence-electron chi connectivity index (χ1n) is 8.16. The third-order valence-electron chi connectivity index (χ3n) is 3.91. The molecular weight excluding hydrogens is 351 g/mol. The van der Waals surface area contributed by atoms with Crippen molar-refractivity contribution in [2.75, 3.05) is 0 Å². The Morgan fingerprint density at radius 1 is 1.04 bits per heavy atom. The molecule has 4 nitrogen and oxygen atoms in total. The highest BCUT2D eigenvalue weighted by atomic mass is 32.2. The lowest BCUT2D eigenvalue weighted by atomic mass is 10.0. The second-order valence-corrected chi connectivity index (χ2v) is 7.90. The summed E-state index contributed by atoms with van der Waals surface area (Å²) >= 11 is 0. The van der Waals surface area contributed by atoms with E-state index in [0.29, 0.717) is 5.56 Å². The summed E-state index contributed by atoms with van der Waals surface area (Å²) in [6.45, 7) is 2.11. The van der Waals surface area contributed by atoms with Crippen LogP contribution in [0.1, 0.15) is 16.7 Å². The Labute approximate surface area is 152 Å². The molecule has 1 aromatic heterocycles. The van der Waals surface area contributed by atoms with Crippen LogP contribution in [0, 0.1) is 12.7 Å². The van der Waals surface area contributed by atoms with Crippen molar-refractivity contribution in [1.29, 1.82) is 0 Å². The van der Waals surface area contributed by atoms with E-state index in [1.807, 2.05) is 37.3 Å². The van der Waals surface area contributed by atoms with E-state index in [1.165, 1.54) is 18.2 Å². The van der Waals surface area contributed by atoms with E-state index in [1.54, 1.807) is 18.3 Å². The fraction of sp³-hybridized carbons (Fsp3) is 0.150. The first-order valence-corrected chi connectivity index (χ1v) is 9.81. The number of benzene rings is 2. The van der Waals surface area contributed by atoms with Gasteiger partial charge in [0.1, 0.15) is 5.82 Å². The van der Waals surface area contributed by atoms with Gasteiger partial charge in [-0.15, -0.1) is 0 Å².